The van der Waals surface area contributed by atoms with Crippen molar-refractivity contribution in [2.75, 3.05) is 0 Å². The van der Waals surface area contributed by atoms with Gasteiger partial charge in [-0.25, -0.2) is 4.99 Å². The van der Waals surface area contributed by atoms with Crippen molar-refractivity contribution >= 4 is 41.1 Å². The number of nitrogens with zero attached hydrogens (tertiary/aromatic N) is 1. The second-order valence-corrected chi connectivity index (χ2v) is 5.81. The van der Waals surface area contributed by atoms with Gasteiger partial charge >= 0.3 is 0 Å². The molecule has 0 radical (unpaired) electrons. The van der Waals surface area contributed by atoms with Crippen LogP contribution in [0.15, 0.2) is 41.4 Å². The van der Waals surface area contributed by atoms with E-state index in [0.29, 0.717) is 26.2 Å². The van der Waals surface area contributed by atoms with Crippen LogP contribution in [0.1, 0.15) is 5.56 Å². The summed E-state index contributed by atoms with van der Waals surface area (Å²) >= 11 is 19.0. The number of hydrogen-bond donors (Lipinski definition) is 4. The van der Waals surface area contributed by atoms with Crippen LogP contribution >= 0.6 is 34.8 Å². The number of nitrogens with two attached hydrogens (primary N) is 1. The molecule has 7 N–H and O–H groups in total. The van der Waals surface area contributed by atoms with Gasteiger partial charge in [0.15, 0.2) is 0 Å². The zero-order valence-electron chi connectivity index (χ0n) is 11.4. The van der Waals surface area contributed by atoms with E-state index >= 15 is 0 Å². The number of nitrogens with one attached hydrogen (secondary N) is 2. The smallest absolute Gasteiger partial charge is 0.206 e. The standard InChI is InChI=1S/C14H11Cl3N4.H3N/c15-10-4-2-1-3-9(10)13-11(16)5-8(6-12(13)17)14(18)19-7-20-21-14;/h1-7,21H,18H2,(H,19,20);1H3. The third-order valence-electron chi connectivity index (χ3n) is 3.22. The summed E-state index contributed by atoms with van der Waals surface area (Å²) in [4.78, 5) is 4.13. The van der Waals surface area contributed by atoms with E-state index in [4.69, 9.17) is 40.5 Å². The quantitative estimate of drug-likeness (QED) is 0.658. The van der Waals surface area contributed by atoms with Gasteiger partial charge in [-0.1, -0.05) is 53.0 Å². The molecule has 0 amide bonds. The Kier molecular flexibility index (Phi) is 4.97. The fourth-order valence-electron chi connectivity index (χ4n) is 2.17. The first kappa shape index (κ1) is 17.0. The number of hydrogen-bond acceptors (Lipinski definition) is 5. The summed E-state index contributed by atoms with van der Waals surface area (Å²) in [5.41, 5.74) is 13.8. The Hall–Kier alpha value is -1.34. The lowest BCUT2D eigenvalue weighted by atomic mass is 10.0. The molecule has 0 fully saturated rings. The van der Waals surface area contributed by atoms with Gasteiger partial charge in [0, 0.05) is 21.7 Å². The molecular weight excluding hydrogens is 345 g/mol. The molecule has 1 aliphatic heterocycles. The SMILES string of the molecule is N.NC1(c2cc(Cl)c(-c3ccccc3Cl)c(Cl)c2)N=CNN1. The highest BCUT2D eigenvalue weighted by Crippen LogP contribution is 2.40. The largest absolute Gasteiger partial charge is 0.344 e. The Morgan fingerprint density at radius 2 is 1.64 bits per heavy atom. The Labute approximate surface area is 143 Å². The Bertz CT molecular complexity index is 711. The van der Waals surface area contributed by atoms with Crippen LogP contribution in [-0.2, 0) is 5.79 Å². The predicted molar refractivity (Wildman–Crippen MR) is 92.6 cm³/mol. The fraction of sp³-hybridized carbons (Fsp3) is 0.0714. The minimum Gasteiger partial charge on any atom is -0.344 e. The molecular formula is C14H14Cl3N5. The van der Waals surface area contributed by atoms with Gasteiger partial charge < -0.3 is 11.6 Å². The molecule has 0 aliphatic carbocycles. The molecule has 0 saturated heterocycles. The van der Waals surface area contributed by atoms with Gasteiger partial charge in [0.05, 0.1) is 10.0 Å². The zero-order valence-corrected chi connectivity index (χ0v) is 13.7. The molecule has 1 unspecified atom stereocenters. The topological polar surface area (TPSA) is 97.4 Å². The van der Waals surface area contributed by atoms with Crippen LogP contribution in [0.2, 0.25) is 15.1 Å². The van der Waals surface area contributed by atoms with Crippen LogP contribution in [0.4, 0.5) is 0 Å². The molecule has 22 heavy (non-hydrogen) atoms. The Balaban J connectivity index is 0.00000176. The molecule has 0 bridgehead atoms. The number of rotatable bonds is 2. The highest BCUT2D eigenvalue weighted by atomic mass is 35.5. The van der Waals surface area contributed by atoms with E-state index in [0.717, 1.165) is 5.56 Å². The van der Waals surface area contributed by atoms with Crippen molar-refractivity contribution in [2.24, 2.45) is 10.7 Å². The summed E-state index contributed by atoms with van der Waals surface area (Å²) in [5, 5.41) is 1.49. The first-order valence-corrected chi connectivity index (χ1v) is 7.24. The number of aliphatic imine (C=N–C) groups is 1. The molecule has 5 nitrogen and oxygen atoms in total. The highest BCUT2D eigenvalue weighted by molar-refractivity contribution is 6.41. The third kappa shape index (κ3) is 2.92. The monoisotopic (exact) mass is 357 g/mol. The van der Waals surface area contributed by atoms with Crippen molar-refractivity contribution in [1.82, 2.24) is 17.0 Å². The van der Waals surface area contributed by atoms with Gasteiger partial charge in [-0.05, 0) is 18.2 Å². The minimum absolute atomic E-state index is 0. The first-order valence-electron chi connectivity index (χ1n) is 6.11. The number of halogens is 3. The summed E-state index contributed by atoms with van der Waals surface area (Å²) in [6, 6.07) is 10.8. The van der Waals surface area contributed by atoms with Crippen molar-refractivity contribution in [3.63, 3.8) is 0 Å². The zero-order chi connectivity index (χ0) is 15.0. The van der Waals surface area contributed by atoms with E-state index in [2.05, 4.69) is 15.8 Å². The summed E-state index contributed by atoms with van der Waals surface area (Å²) in [7, 11) is 0. The summed E-state index contributed by atoms with van der Waals surface area (Å²) in [5.74, 6) is -1.09. The Morgan fingerprint density at radius 3 is 2.18 bits per heavy atom. The van der Waals surface area contributed by atoms with E-state index in [1.165, 1.54) is 6.34 Å². The molecule has 2 aromatic carbocycles. The van der Waals surface area contributed by atoms with Crippen molar-refractivity contribution < 1.29 is 0 Å². The lowest BCUT2D eigenvalue weighted by Gasteiger charge is -2.22. The summed E-state index contributed by atoms with van der Waals surface area (Å²) in [6.45, 7) is 0. The van der Waals surface area contributed by atoms with Gasteiger partial charge in [0.25, 0.3) is 0 Å². The highest BCUT2D eigenvalue weighted by Gasteiger charge is 2.30. The van der Waals surface area contributed by atoms with Gasteiger partial charge in [0.1, 0.15) is 6.34 Å². The molecule has 116 valence electrons. The van der Waals surface area contributed by atoms with Gasteiger partial charge in [-0.15, -0.1) is 0 Å². The molecule has 0 spiro atoms. The number of benzene rings is 2. The molecule has 8 heteroatoms. The van der Waals surface area contributed by atoms with Gasteiger partial charge in [-0.3, -0.25) is 5.73 Å². The second kappa shape index (κ2) is 6.42. The van der Waals surface area contributed by atoms with E-state index < -0.39 is 5.79 Å². The maximum Gasteiger partial charge on any atom is 0.206 e. The minimum atomic E-state index is -1.09. The van der Waals surface area contributed by atoms with Crippen molar-refractivity contribution in [3.05, 3.63) is 57.0 Å². The van der Waals surface area contributed by atoms with Crippen LogP contribution in [-0.4, -0.2) is 6.34 Å². The van der Waals surface area contributed by atoms with Crippen LogP contribution in [0.25, 0.3) is 11.1 Å². The normalized spacial score (nSPS) is 19.6. The molecule has 0 aromatic heterocycles. The molecule has 1 aliphatic rings. The molecule has 2 aromatic rings. The van der Waals surface area contributed by atoms with Crippen molar-refractivity contribution in [2.45, 2.75) is 5.79 Å². The van der Waals surface area contributed by atoms with E-state index in [1.807, 2.05) is 18.2 Å². The van der Waals surface area contributed by atoms with Crippen molar-refractivity contribution in [3.8, 4) is 11.1 Å². The maximum atomic E-state index is 6.38. The fourth-order valence-corrected chi connectivity index (χ4v) is 3.09. The first-order chi connectivity index (χ1) is 10.0. The van der Waals surface area contributed by atoms with Crippen LogP contribution in [0, 0.1) is 0 Å². The maximum absolute atomic E-state index is 6.38. The molecule has 3 rings (SSSR count). The van der Waals surface area contributed by atoms with Crippen LogP contribution in [0.3, 0.4) is 0 Å². The predicted octanol–water partition coefficient (Wildman–Crippen LogP) is 3.68. The average Bonchev–Trinajstić information content (AvgIpc) is 2.88. The lowest BCUT2D eigenvalue weighted by Crippen LogP contribution is -2.49. The van der Waals surface area contributed by atoms with Gasteiger partial charge in [-0.2, -0.15) is 5.43 Å². The number of hydrazine groups is 1. The van der Waals surface area contributed by atoms with E-state index in [9.17, 15) is 0 Å². The molecule has 1 heterocycles. The summed E-state index contributed by atoms with van der Waals surface area (Å²) in [6.07, 6.45) is 1.48. The van der Waals surface area contributed by atoms with Crippen LogP contribution in [0.5, 0.6) is 0 Å². The van der Waals surface area contributed by atoms with E-state index in [-0.39, 0.29) is 6.15 Å². The van der Waals surface area contributed by atoms with Crippen molar-refractivity contribution in [1.29, 1.82) is 0 Å². The second-order valence-electron chi connectivity index (χ2n) is 4.59. The lowest BCUT2D eigenvalue weighted by molar-refractivity contribution is 0.375. The average molecular weight is 359 g/mol. The van der Waals surface area contributed by atoms with Crippen LogP contribution < -0.4 is 22.7 Å². The summed E-state index contributed by atoms with van der Waals surface area (Å²) < 4.78 is 0. The Morgan fingerprint density at radius 1 is 1.00 bits per heavy atom. The third-order valence-corrected chi connectivity index (χ3v) is 4.15. The van der Waals surface area contributed by atoms with Gasteiger partial charge in [0.2, 0.25) is 5.79 Å². The van der Waals surface area contributed by atoms with E-state index in [1.54, 1.807) is 18.2 Å². The molecule has 0 saturated carbocycles. The molecule has 1 atom stereocenters.